The Labute approximate surface area is 154 Å². The van der Waals surface area contributed by atoms with Crippen LogP contribution in [-0.2, 0) is 0 Å². The van der Waals surface area contributed by atoms with Crippen LogP contribution in [0.15, 0.2) is 42.6 Å². The second-order valence-corrected chi connectivity index (χ2v) is 7.32. The summed E-state index contributed by atoms with van der Waals surface area (Å²) in [5, 5.41) is 4.40. The Kier molecular flexibility index (Phi) is 4.99. The Morgan fingerprint density at radius 2 is 1.85 bits per heavy atom. The number of benzene rings is 1. The van der Waals surface area contributed by atoms with Crippen molar-refractivity contribution in [2.45, 2.75) is 33.6 Å². The van der Waals surface area contributed by atoms with Crippen LogP contribution in [0.1, 0.15) is 27.2 Å². The molecule has 0 bridgehead atoms. The van der Waals surface area contributed by atoms with Gasteiger partial charge in [0.05, 0.1) is 18.5 Å². The van der Waals surface area contributed by atoms with Gasteiger partial charge in [0.1, 0.15) is 5.75 Å². The highest BCUT2D eigenvalue weighted by atomic mass is 19.4. The summed E-state index contributed by atoms with van der Waals surface area (Å²) in [5.41, 5.74) is 1.75. The normalized spacial score (nSPS) is 12.4. The maximum Gasteiger partial charge on any atom is 0.573 e. The molecule has 0 saturated heterocycles. The van der Waals surface area contributed by atoms with Crippen molar-refractivity contribution in [1.29, 1.82) is 0 Å². The second kappa shape index (κ2) is 7.09. The van der Waals surface area contributed by atoms with E-state index in [0.29, 0.717) is 29.4 Å². The molecule has 27 heavy (non-hydrogen) atoms. The van der Waals surface area contributed by atoms with Gasteiger partial charge in [0.2, 0.25) is 5.88 Å². The van der Waals surface area contributed by atoms with E-state index in [1.165, 1.54) is 18.2 Å². The molecule has 0 aliphatic rings. The summed E-state index contributed by atoms with van der Waals surface area (Å²) in [5.74, 6) is 0.126. The van der Waals surface area contributed by atoms with Crippen molar-refractivity contribution in [3.63, 3.8) is 0 Å². The maximum atomic E-state index is 12.5. The first-order valence-corrected chi connectivity index (χ1v) is 8.44. The second-order valence-electron chi connectivity index (χ2n) is 7.32. The molecular formula is C19H20F3N3O2. The van der Waals surface area contributed by atoms with E-state index >= 15 is 0 Å². The third-order valence-electron chi connectivity index (χ3n) is 3.80. The van der Waals surface area contributed by atoms with Crippen LogP contribution in [0.2, 0.25) is 0 Å². The molecule has 0 N–H and O–H groups in total. The number of ether oxygens (including phenoxy) is 2. The van der Waals surface area contributed by atoms with Gasteiger partial charge in [-0.2, -0.15) is 0 Å². The number of alkyl halides is 3. The number of rotatable bonds is 5. The minimum absolute atomic E-state index is 0.142. The fourth-order valence-corrected chi connectivity index (χ4v) is 2.44. The monoisotopic (exact) mass is 379 g/mol. The molecule has 2 heterocycles. The number of halogens is 3. The van der Waals surface area contributed by atoms with Crippen LogP contribution in [0.3, 0.4) is 0 Å². The summed E-state index contributed by atoms with van der Waals surface area (Å²) < 4.78 is 48.6. The van der Waals surface area contributed by atoms with E-state index in [-0.39, 0.29) is 11.2 Å². The highest BCUT2D eigenvalue weighted by molar-refractivity contribution is 5.64. The summed E-state index contributed by atoms with van der Waals surface area (Å²) in [6.07, 6.45) is -2.33. The number of hydrogen-bond acceptors (Lipinski definition) is 4. The summed E-state index contributed by atoms with van der Waals surface area (Å²) in [4.78, 5) is 4.24. The molecule has 0 amide bonds. The van der Waals surface area contributed by atoms with E-state index in [0.717, 1.165) is 6.42 Å². The highest BCUT2D eigenvalue weighted by Gasteiger charge is 2.31. The summed E-state index contributed by atoms with van der Waals surface area (Å²) in [7, 11) is 0. The van der Waals surface area contributed by atoms with Crippen LogP contribution in [0.25, 0.3) is 16.9 Å². The minimum Gasteiger partial charge on any atom is -0.477 e. The van der Waals surface area contributed by atoms with Gasteiger partial charge in [-0.15, -0.1) is 18.3 Å². The van der Waals surface area contributed by atoms with E-state index < -0.39 is 6.36 Å². The standard InChI is InChI=1S/C19H20F3N3O2/c1-18(2,3)9-10-26-17-8-7-16-23-12-15(25(16)24-17)13-5-4-6-14(11-13)27-19(20,21)22/h4-8,11-12H,9-10H2,1-3H3. The number of imidazole rings is 1. The zero-order chi connectivity index (χ0) is 19.7. The average Bonchev–Trinajstić information content (AvgIpc) is 2.95. The lowest BCUT2D eigenvalue weighted by Crippen LogP contribution is -2.17. The number of hydrogen-bond donors (Lipinski definition) is 0. The SMILES string of the molecule is CC(C)(C)CCOc1ccc2ncc(-c3cccc(OC(F)(F)F)c3)n2n1. The molecule has 0 aliphatic carbocycles. The Balaban J connectivity index is 1.87. The molecule has 144 valence electrons. The molecular weight excluding hydrogens is 359 g/mol. The molecule has 0 unspecified atom stereocenters. The first-order valence-electron chi connectivity index (χ1n) is 8.44. The third-order valence-corrected chi connectivity index (χ3v) is 3.80. The van der Waals surface area contributed by atoms with Crippen LogP contribution >= 0.6 is 0 Å². The molecule has 5 nitrogen and oxygen atoms in total. The molecule has 2 aromatic heterocycles. The van der Waals surface area contributed by atoms with Gasteiger partial charge >= 0.3 is 6.36 Å². The van der Waals surface area contributed by atoms with Gasteiger partial charge in [-0.25, -0.2) is 9.50 Å². The third kappa shape index (κ3) is 5.12. The van der Waals surface area contributed by atoms with Crippen molar-refractivity contribution in [2.24, 2.45) is 5.41 Å². The van der Waals surface area contributed by atoms with Crippen LogP contribution in [0, 0.1) is 5.41 Å². The van der Waals surface area contributed by atoms with Crippen molar-refractivity contribution in [1.82, 2.24) is 14.6 Å². The number of aromatic nitrogens is 3. The molecule has 0 aliphatic heterocycles. The van der Waals surface area contributed by atoms with Crippen LogP contribution < -0.4 is 9.47 Å². The largest absolute Gasteiger partial charge is 0.573 e. The van der Waals surface area contributed by atoms with E-state index in [4.69, 9.17) is 4.74 Å². The summed E-state index contributed by atoms with van der Waals surface area (Å²) in [6.45, 7) is 6.88. The Bertz CT molecular complexity index is 930. The molecule has 0 spiro atoms. The minimum atomic E-state index is -4.75. The van der Waals surface area contributed by atoms with E-state index in [9.17, 15) is 13.2 Å². The first kappa shape index (κ1) is 19.0. The van der Waals surface area contributed by atoms with Crippen molar-refractivity contribution < 1.29 is 22.6 Å². The smallest absolute Gasteiger partial charge is 0.477 e. The van der Waals surface area contributed by atoms with Gasteiger partial charge in [-0.3, -0.25) is 0 Å². The van der Waals surface area contributed by atoms with Crippen LogP contribution in [0.5, 0.6) is 11.6 Å². The fraction of sp³-hybridized carbons (Fsp3) is 0.368. The van der Waals surface area contributed by atoms with E-state index in [1.54, 1.807) is 28.9 Å². The Morgan fingerprint density at radius 3 is 2.56 bits per heavy atom. The van der Waals surface area contributed by atoms with Gasteiger partial charge in [0.15, 0.2) is 5.65 Å². The molecule has 8 heteroatoms. The van der Waals surface area contributed by atoms with Crippen molar-refractivity contribution in [2.75, 3.05) is 6.61 Å². The molecule has 1 aromatic carbocycles. The highest BCUT2D eigenvalue weighted by Crippen LogP contribution is 2.28. The van der Waals surface area contributed by atoms with Gasteiger partial charge < -0.3 is 9.47 Å². The van der Waals surface area contributed by atoms with Crippen molar-refractivity contribution >= 4 is 5.65 Å². The van der Waals surface area contributed by atoms with E-state index in [1.807, 2.05) is 0 Å². The van der Waals surface area contributed by atoms with Gasteiger partial charge in [0, 0.05) is 11.6 Å². The lowest BCUT2D eigenvalue weighted by atomic mass is 9.93. The lowest BCUT2D eigenvalue weighted by molar-refractivity contribution is -0.274. The summed E-state index contributed by atoms with van der Waals surface area (Å²) >= 11 is 0. The molecule has 3 aromatic rings. The number of nitrogens with zero attached hydrogens (tertiary/aromatic N) is 3. The first-order chi connectivity index (χ1) is 12.6. The zero-order valence-corrected chi connectivity index (χ0v) is 15.2. The predicted octanol–water partition coefficient (Wildman–Crippen LogP) is 5.11. The van der Waals surface area contributed by atoms with Gasteiger partial charge in [-0.1, -0.05) is 32.9 Å². The van der Waals surface area contributed by atoms with Crippen LogP contribution in [-0.4, -0.2) is 27.6 Å². The maximum absolute atomic E-state index is 12.5. The number of fused-ring (bicyclic) bond motifs is 1. The summed E-state index contributed by atoms with van der Waals surface area (Å²) in [6, 6.07) is 9.17. The van der Waals surface area contributed by atoms with Gasteiger partial charge in [-0.05, 0) is 30.0 Å². The van der Waals surface area contributed by atoms with Gasteiger partial charge in [0.25, 0.3) is 0 Å². The lowest BCUT2D eigenvalue weighted by Gasteiger charge is -2.17. The molecule has 0 atom stereocenters. The van der Waals surface area contributed by atoms with Crippen molar-refractivity contribution in [3.05, 3.63) is 42.6 Å². The Hall–Kier alpha value is -2.77. The predicted molar refractivity (Wildman–Crippen MR) is 94.7 cm³/mol. The van der Waals surface area contributed by atoms with E-state index in [2.05, 4.69) is 35.6 Å². The van der Waals surface area contributed by atoms with Crippen LogP contribution in [0.4, 0.5) is 13.2 Å². The Morgan fingerprint density at radius 1 is 1.07 bits per heavy atom. The molecule has 0 fully saturated rings. The fourth-order valence-electron chi connectivity index (χ4n) is 2.44. The quantitative estimate of drug-likeness (QED) is 0.618. The molecule has 0 saturated carbocycles. The average molecular weight is 379 g/mol. The zero-order valence-electron chi connectivity index (χ0n) is 15.2. The molecule has 0 radical (unpaired) electrons. The topological polar surface area (TPSA) is 48.7 Å². The van der Waals surface area contributed by atoms with Crippen molar-refractivity contribution in [3.8, 4) is 22.9 Å². The molecule has 3 rings (SSSR count).